The van der Waals surface area contributed by atoms with Crippen LogP contribution in [0.25, 0.3) is 0 Å². The lowest BCUT2D eigenvalue weighted by molar-refractivity contribution is -0.125. The molecule has 2 aromatic rings. The topological polar surface area (TPSA) is 125 Å². The van der Waals surface area contributed by atoms with Crippen LogP contribution in [0.15, 0.2) is 53.4 Å². The minimum atomic E-state index is -3.95. The third kappa shape index (κ3) is 5.08. The number of sulfonamides is 1. The highest BCUT2D eigenvalue weighted by Gasteiger charge is 2.28. The van der Waals surface area contributed by atoms with E-state index >= 15 is 0 Å². The summed E-state index contributed by atoms with van der Waals surface area (Å²) >= 11 is 0. The minimum Gasteiger partial charge on any atom is -0.329 e. The van der Waals surface area contributed by atoms with Gasteiger partial charge in [0, 0.05) is 24.3 Å². The molecule has 3 rings (SSSR count). The predicted molar refractivity (Wildman–Crippen MR) is 102 cm³/mol. The van der Waals surface area contributed by atoms with E-state index in [-0.39, 0.29) is 30.1 Å². The second kappa shape index (κ2) is 8.27. The van der Waals surface area contributed by atoms with E-state index in [1.807, 2.05) is 0 Å². The molecule has 0 aromatic heterocycles. The summed E-state index contributed by atoms with van der Waals surface area (Å²) in [6.45, 7) is -0.116. The molecule has 1 aliphatic heterocycles. The number of hydrogen-bond donors (Lipinski definition) is 3. The third-order valence-electron chi connectivity index (χ3n) is 4.03. The second-order valence-corrected chi connectivity index (χ2v) is 7.82. The Morgan fingerprint density at radius 2 is 1.79 bits per heavy atom. The number of rotatable bonds is 7. The Bertz CT molecular complexity index is 1040. The lowest BCUT2D eigenvalue weighted by Crippen LogP contribution is -2.33. The Balaban J connectivity index is 1.56. The van der Waals surface area contributed by atoms with Gasteiger partial charge in [0.25, 0.3) is 10.0 Å². The third-order valence-corrected chi connectivity index (χ3v) is 5.41. The van der Waals surface area contributed by atoms with E-state index in [0.29, 0.717) is 5.69 Å². The van der Waals surface area contributed by atoms with E-state index in [0.717, 1.165) is 17.0 Å². The standard InChI is InChI=1S/C18H17FN4O5S/c19-12-2-1-3-15(10-12)29(27,28)22-14-6-4-13(5-7-14)21-16(24)8-9-23-17(25)11-20-18(23)26/h1-7,10,22H,8-9,11H2,(H,20,26)(H,21,24). The molecule has 0 atom stereocenters. The molecule has 29 heavy (non-hydrogen) atoms. The zero-order valence-corrected chi connectivity index (χ0v) is 15.8. The highest BCUT2D eigenvalue weighted by atomic mass is 32.2. The van der Waals surface area contributed by atoms with Crippen molar-refractivity contribution in [1.82, 2.24) is 10.2 Å². The first-order valence-corrected chi connectivity index (χ1v) is 9.99. The number of imide groups is 1. The van der Waals surface area contributed by atoms with Gasteiger partial charge in [-0.15, -0.1) is 0 Å². The summed E-state index contributed by atoms with van der Waals surface area (Å²) in [5.74, 6) is -1.47. The maximum Gasteiger partial charge on any atom is 0.324 e. The molecule has 1 saturated heterocycles. The van der Waals surface area contributed by atoms with Crippen LogP contribution < -0.4 is 15.4 Å². The van der Waals surface area contributed by atoms with Crippen LogP contribution >= 0.6 is 0 Å². The molecule has 4 amide bonds. The Hall–Kier alpha value is -3.47. The van der Waals surface area contributed by atoms with E-state index in [4.69, 9.17) is 0 Å². The van der Waals surface area contributed by atoms with Crippen LogP contribution in [-0.2, 0) is 19.6 Å². The maximum atomic E-state index is 13.2. The van der Waals surface area contributed by atoms with Crippen molar-refractivity contribution in [2.75, 3.05) is 23.1 Å². The van der Waals surface area contributed by atoms with Gasteiger partial charge in [-0.1, -0.05) is 6.07 Å². The summed E-state index contributed by atoms with van der Waals surface area (Å²) in [5, 5.41) is 4.95. The molecule has 9 nitrogen and oxygen atoms in total. The molecule has 152 valence electrons. The second-order valence-electron chi connectivity index (χ2n) is 6.14. The number of urea groups is 1. The fourth-order valence-electron chi connectivity index (χ4n) is 2.59. The van der Waals surface area contributed by atoms with Crippen LogP contribution in [0, 0.1) is 5.82 Å². The van der Waals surface area contributed by atoms with E-state index in [1.54, 1.807) is 0 Å². The van der Waals surface area contributed by atoms with Gasteiger partial charge in [0.1, 0.15) is 5.82 Å². The fourth-order valence-corrected chi connectivity index (χ4v) is 3.68. The van der Waals surface area contributed by atoms with Crippen LogP contribution in [-0.4, -0.2) is 44.3 Å². The minimum absolute atomic E-state index is 0.0397. The first-order valence-electron chi connectivity index (χ1n) is 8.51. The van der Waals surface area contributed by atoms with Crippen molar-refractivity contribution in [2.45, 2.75) is 11.3 Å². The molecular weight excluding hydrogens is 403 g/mol. The van der Waals surface area contributed by atoms with Crippen molar-refractivity contribution in [1.29, 1.82) is 0 Å². The monoisotopic (exact) mass is 420 g/mol. The summed E-state index contributed by atoms with van der Waals surface area (Å²) in [6.07, 6.45) is -0.0763. The quantitative estimate of drug-likeness (QED) is 0.586. The van der Waals surface area contributed by atoms with E-state index in [2.05, 4.69) is 15.4 Å². The van der Waals surface area contributed by atoms with Crippen LogP contribution in [0.1, 0.15) is 6.42 Å². The van der Waals surface area contributed by atoms with E-state index in [1.165, 1.54) is 36.4 Å². The summed E-state index contributed by atoms with van der Waals surface area (Å²) < 4.78 is 40.1. The van der Waals surface area contributed by atoms with E-state index in [9.17, 15) is 27.2 Å². The van der Waals surface area contributed by atoms with Crippen LogP contribution in [0.3, 0.4) is 0 Å². The predicted octanol–water partition coefficient (Wildman–Crippen LogP) is 1.51. The molecule has 0 spiro atoms. The number of hydrogen-bond acceptors (Lipinski definition) is 5. The number of halogens is 1. The molecule has 0 radical (unpaired) electrons. The first-order chi connectivity index (χ1) is 13.7. The van der Waals surface area contributed by atoms with Crippen molar-refractivity contribution in [3.63, 3.8) is 0 Å². The molecule has 0 saturated carbocycles. The van der Waals surface area contributed by atoms with Gasteiger partial charge in [-0.3, -0.25) is 19.2 Å². The lowest BCUT2D eigenvalue weighted by Gasteiger charge is -2.12. The van der Waals surface area contributed by atoms with Crippen molar-refractivity contribution < 1.29 is 27.2 Å². The first kappa shape index (κ1) is 20.3. The number of anilines is 2. The van der Waals surface area contributed by atoms with E-state index < -0.39 is 33.7 Å². The molecule has 1 fully saturated rings. The molecule has 0 bridgehead atoms. The molecular formula is C18H17FN4O5S. The van der Waals surface area contributed by atoms with Crippen molar-refractivity contribution in [2.24, 2.45) is 0 Å². The number of carbonyl (C=O) groups excluding carboxylic acids is 3. The van der Waals surface area contributed by atoms with Gasteiger partial charge in [0.2, 0.25) is 11.8 Å². The molecule has 11 heteroatoms. The highest BCUT2D eigenvalue weighted by Crippen LogP contribution is 2.19. The SMILES string of the molecule is O=C(CCN1C(=O)CNC1=O)Nc1ccc(NS(=O)(=O)c2cccc(F)c2)cc1. The summed E-state index contributed by atoms with van der Waals surface area (Å²) in [4.78, 5) is 35.6. The average Bonchev–Trinajstić information content (AvgIpc) is 2.99. The normalized spacial score (nSPS) is 13.9. The number of carbonyl (C=O) groups is 3. The maximum absolute atomic E-state index is 13.2. The van der Waals surface area contributed by atoms with Gasteiger partial charge < -0.3 is 10.6 Å². The summed E-state index contributed by atoms with van der Waals surface area (Å²) in [6, 6.07) is 9.91. The molecule has 2 aromatic carbocycles. The highest BCUT2D eigenvalue weighted by molar-refractivity contribution is 7.92. The van der Waals surface area contributed by atoms with Gasteiger partial charge in [0.05, 0.1) is 11.4 Å². The Morgan fingerprint density at radius 3 is 2.41 bits per heavy atom. The van der Waals surface area contributed by atoms with Gasteiger partial charge >= 0.3 is 6.03 Å². The van der Waals surface area contributed by atoms with Crippen molar-refractivity contribution >= 4 is 39.2 Å². The zero-order chi connectivity index (χ0) is 21.0. The number of nitrogens with one attached hydrogen (secondary N) is 3. The smallest absolute Gasteiger partial charge is 0.324 e. The summed E-state index contributed by atoms with van der Waals surface area (Å²) in [7, 11) is -3.95. The van der Waals surface area contributed by atoms with Crippen molar-refractivity contribution in [3.8, 4) is 0 Å². The van der Waals surface area contributed by atoms with Crippen LogP contribution in [0.2, 0.25) is 0 Å². The van der Waals surface area contributed by atoms with Gasteiger partial charge in [-0.25, -0.2) is 17.6 Å². The van der Waals surface area contributed by atoms with Gasteiger partial charge in [-0.05, 0) is 42.5 Å². The van der Waals surface area contributed by atoms with Crippen LogP contribution in [0.5, 0.6) is 0 Å². The van der Waals surface area contributed by atoms with Gasteiger partial charge in [0.15, 0.2) is 0 Å². The number of benzene rings is 2. The zero-order valence-electron chi connectivity index (χ0n) is 15.0. The Morgan fingerprint density at radius 1 is 1.10 bits per heavy atom. The summed E-state index contributed by atoms with van der Waals surface area (Å²) in [5.41, 5.74) is 0.632. The molecule has 1 aliphatic rings. The van der Waals surface area contributed by atoms with Crippen molar-refractivity contribution in [3.05, 3.63) is 54.3 Å². The van der Waals surface area contributed by atoms with Gasteiger partial charge in [-0.2, -0.15) is 0 Å². The lowest BCUT2D eigenvalue weighted by atomic mass is 10.2. The molecule has 0 unspecified atom stereocenters. The number of nitrogens with zero attached hydrogens (tertiary/aromatic N) is 1. The Labute approximate surface area is 165 Å². The number of amides is 4. The molecule has 1 heterocycles. The molecule has 3 N–H and O–H groups in total. The van der Waals surface area contributed by atoms with Crippen LogP contribution in [0.4, 0.5) is 20.6 Å². The molecule has 0 aliphatic carbocycles. The largest absolute Gasteiger partial charge is 0.329 e. The Kier molecular flexibility index (Phi) is 5.78. The fraction of sp³-hybridized carbons (Fsp3) is 0.167. The average molecular weight is 420 g/mol.